The van der Waals surface area contributed by atoms with Crippen molar-refractivity contribution in [3.8, 4) is 45.3 Å². The summed E-state index contributed by atoms with van der Waals surface area (Å²) in [5.74, 6) is 0.576. The van der Waals surface area contributed by atoms with Gasteiger partial charge in [-0.2, -0.15) is 0 Å². The minimum atomic E-state index is -0.480. The van der Waals surface area contributed by atoms with Gasteiger partial charge in [0.05, 0.1) is 6.85 Å². The summed E-state index contributed by atoms with van der Waals surface area (Å²) < 4.78 is 48.5. The van der Waals surface area contributed by atoms with Crippen LogP contribution in [0.5, 0.6) is 0 Å². The Morgan fingerprint density at radius 1 is 0.388 bits per heavy atom. The summed E-state index contributed by atoms with van der Waals surface area (Å²) in [4.78, 5) is 14.1. The number of hydrogen-bond acceptors (Lipinski definition) is 4. The van der Waals surface area contributed by atoms with Gasteiger partial charge in [0.25, 0.3) is 0 Å². The van der Waals surface area contributed by atoms with Crippen molar-refractivity contribution in [3.05, 3.63) is 164 Å². The van der Waals surface area contributed by atoms with Crippen molar-refractivity contribution in [2.75, 3.05) is 0 Å². The molecule has 2 heterocycles. The molecule has 0 saturated carbocycles. The summed E-state index contributed by atoms with van der Waals surface area (Å²) in [7, 11) is 0. The maximum absolute atomic E-state index is 8.62. The third kappa shape index (κ3) is 4.49. The van der Waals surface area contributed by atoms with Crippen molar-refractivity contribution >= 4 is 54.3 Å². The Labute approximate surface area is 289 Å². The second-order valence-corrected chi connectivity index (χ2v) is 12.0. The zero-order valence-corrected chi connectivity index (χ0v) is 26.0. The highest BCUT2D eigenvalue weighted by atomic mass is 16.3. The van der Waals surface area contributed by atoms with Crippen LogP contribution in [0, 0.1) is 0 Å². The van der Waals surface area contributed by atoms with Crippen LogP contribution in [0.15, 0.2) is 168 Å². The van der Waals surface area contributed by atoms with Gasteiger partial charge in [-0.3, -0.25) is 0 Å². The van der Waals surface area contributed by atoms with Gasteiger partial charge in [0.2, 0.25) is 0 Å². The largest absolute Gasteiger partial charge is 0.455 e. The lowest BCUT2D eigenvalue weighted by Gasteiger charge is -2.12. The molecule has 0 aliphatic carbocycles. The Morgan fingerprint density at radius 3 is 1.65 bits per heavy atom. The maximum Gasteiger partial charge on any atom is 0.164 e. The Balaban J connectivity index is 1.15. The van der Waals surface area contributed by atoms with E-state index in [2.05, 4.69) is 83.8 Å². The zero-order chi connectivity index (χ0) is 36.7. The number of nitrogens with zero attached hydrogens (tertiary/aromatic N) is 3. The fourth-order valence-electron chi connectivity index (χ4n) is 6.93. The van der Waals surface area contributed by atoms with Crippen LogP contribution in [0.3, 0.4) is 0 Å². The minimum absolute atomic E-state index is 0.0144. The molecule has 2 aromatic heterocycles. The number of fused-ring (bicyclic) bond motifs is 9. The monoisotopic (exact) mass is 630 g/mol. The van der Waals surface area contributed by atoms with Crippen LogP contribution in [-0.2, 0) is 0 Å². The van der Waals surface area contributed by atoms with E-state index in [9.17, 15) is 0 Å². The van der Waals surface area contributed by atoms with E-state index in [4.69, 9.17) is 21.2 Å². The van der Waals surface area contributed by atoms with E-state index in [0.717, 1.165) is 27.5 Å². The smallest absolute Gasteiger partial charge is 0.164 e. The van der Waals surface area contributed by atoms with Crippen LogP contribution in [0.2, 0.25) is 0 Å². The molecule has 0 spiro atoms. The molecule has 0 aliphatic rings. The molecule has 49 heavy (non-hydrogen) atoms. The second kappa shape index (κ2) is 11.0. The maximum atomic E-state index is 8.62. The Bertz CT molecular complexity index is 3120. The minimum Gasteiger partial charge on any atom is -0.455 e. The van der Waals surface area contributed by atoms with Gasteiger partial charge in [-0.25, -0.2) is 15.0 Å². The van der Waals surface area contributed by atoms with E-state index in [-0.39, 0.29) is 29.3 Å². The van der Waals surface area contributed by atoms with Crippen molar-refractivity contribution in [2.24, 2.45) is 0 Å². The first-order chi connectivity index (χ1) is 26.4. The first kappa shape index (κ1) is 22.8. The highest BCUT2D eigenvalue weighted by molar-refractivity contribution is 6.26. The number of benzene rings is 8. The third-order valence-electron chi connectivity index (χ3n) is 9.20. The molecule has 0 N–H and O–H groups in total. The van der Waals surface area contributed by atoms with Crippen LogP contribution < -0.4 is 0 Å². The molecule has 4 nitrogen and oxygen atoms in total. The Kier molecular flexibility index (Phi) is 5.10. The van der Waals surface area contributed by atoms with Gasteiger partial charge in [0.15, 0.2) is 17.5 Å². The van der Waals surface area contributed by atoms with E-state index in [1.165, 1.54) is 32.3 Å². The van der Waals surface area contributed by atoms with Crippen LogP contribution >= 0.6 is 0 Å². The Hall–Kier alpha value is -6.65. The molecule has 8 aromatic carbocycles. The van der Waals surface area contributed by atoms with Gasteiger partial charge < -0.3 is 4.42 Å². The van der Waals surface area contributed by atoms with Gasteiger partial charge in [0, 0.05) is 33.0 Å². The van der Waals surface area contributed by atoms with E-state index in [0.29, 0.717) is 22.5 Å². The fraction of sp³-hybridized carbons (Fsp3) is 0. The highest BCUT2D eigenvalue weighted by Crippen LogP contribution is 2.41. The number of para-hydroxylation sites is 1. The SMILES string of the molecule is [2H]c1c([2H])c([2H])c(-c2nc(-c3ccccc3)nc(-c3ccc4c(c3)oc3c(-c5ccc6c7ccccc7c7ccccc7c6c5)cccc34)n2)c([2H])c1[2H]. The van der Waals surface area contributed by atoms with E-state index >= 15 is 0 Å². The van der Waals surface area contributed by atoms with Crippen molar-refractivity contribution in [3.63, 3.8) is 0 Å². The molecule has 0 radical (unpaired) electrons. The summed E-state index contributed by atoms with van der Waals surface area (Å²) in [5.41, 5.74) is 4.64. The van der Waals surface area contributed by atoms with Crippen molar-refractivity contribution in [1.82, 2.24) is 15.0 Å². The second-order valence-electron chi connectivity index (χ2n) is 12.0. The summed E-state index contributed by atoms with van der Waals surface area (Å²) in [5, 5.41) is 9.14. The first-order valence-corrected chi connectivity index (χ1v) is 16.0. The summed E-state index contributed by atoms with van der Waals surface area (Å²) >= 11 is 0. The van der Waals surface area contributed by atoms with Gasteiger partial charge in [-0.15, -0.1) is 0 Å². The predicted octanol–water partition coefficient (Wildman–Crippen LogP) is 11.9. The van der Waals surface area contributed by atoms with Crippen LogP contribution in [0.1, 0.15) is 6.85 Å². The van der Waals surface area contributed by atoms with Gasteiger partial charge in [-0.05, 0) is 56.1 Å². The van der Waals surface area contributed by atoms with E-state index < -0.39 is 18.1 Å². The molecule has 0 unspecified atom stereocenters. The number of rotatable bonds is 4. The average molecular weight is 631 g/mol. The molecule has 0 atom stereocenters. The normalized spacial score (nSPS) is 13.1. The van der Waals surface area contributed by atoms with Gasteiger partial charge in [-0.1, -0.05) is 145 Å². The molecule has 228 valence electrons. The average Bonchev–Trinajstić information content (AvgIpc) is 3.61. The summed E-state index contributed by atoms with van der Waals surface area (Å²) in [6.07, 6.45) is 0. The molecule has 4 heteroatoms. The summed E-state index contributed by atoms with van der Waals surface area (Å²) in [6, 6.07) is 42.8. The van der Waals surface area contributed by atoms with Crippen LogP contribution in [0.25, 0.3) is 99.5 Å². The summed E-state index contributed by atoms with van der Waals surface area (Å²) in [6.45, 7) is 0. The predicted molar refractivity (Wildman–Crippen MR) is 201 cm³/mol. The lowest BCUT2D eigenvalue weighted by atomic mass is 9.92. The molecule has 10 rings (SSSR count). The lowest BCUT2D eigenvalue weighted by Crippen LogP contribution is -2.00. The number of furan rings is 1. The molecule has 0 saturated heterocycles. The molecular formula is C45H27N3O. The Morgan fingerprint density at radius 2 is 0.939 bits per heavy atom. The zero-order valence-electron chi connectivity index (χ0n) is 31.0. The lowest BCUT2D eigenvalue weighted by molar-refractivity contribution is 0.670. The van der Waals surface area contributed by atoms with E-state index in [1.54, 1.807) is 0 Å². The number of aromatic nitrogens is 3. The molecule has 10 aromatic rings. The highest BCUT2D eigenvalue weighted by Gasteiger charge is 2.17. The molecule has 0 fully saturated rings. The third-order valence-corrected chi connectivity index (χ3v) is 9.20. The quantitative estimate of drug-likeness (QED) is 0.182. The standard InChI is InChI=1S/C45H27N3O/c1-3-12-28(13-4-1)43-46-44(29-14-5-2-6-15-29)48-45(47-43)31-23-25-38-39-21-11-20-32(42(39)49-41(38)27-31)30-22-24-37-35-18-8-7-16-33(35)34-17-9-10-19-36(34)40(37)26-30/h1-27H/i1D,3D,4D,12D,13D. The molecule has 0 bridgehead atoms. The molecule has 0 amide bonds. The molecular weight excluding hydrogens is 599 g/mol. The van der Waals surface area contributed by atoms with Crippen molar-refractivity contribution in [1.29, 1.82) is 0 Å². The van der Waals surface area contributed by atoms with Crippen molar-refractivity contribution < 1.29 is 11.3 Å². The fourth-order valence-corrected chi connectivity index (χ4v) is 6.93. The van der Waals surface area contributed by atoms with Gasteiger partial charge in [0.1, 0.15) is 11.2 Å². The van der Waals surface area contributed by atoms with E-state index in [1.807, 2.05) is 54.6 Å². The van der Waals surface area contributed by atoms with Gasteiger partial charge >= 0.3 is 0 Å². The topological polar surface area (TPSA) is 51.8 Å². The first-order valence-electron chi connectivity index (χ1n) is 18.5. The van der Waals surface area contributed by atoms with Crippen molar-refractivity contribution in [2.45, 2.75) is 0 Å². The van der Waals surface area contributed by atoms with Crippen LogP contribution in [-0.4, -0.2) is 15.0 Å². The van der Waals surface area contributed by atoms with Crippen LogP contribution in [0.4, 0.5) is 0 Å². The molecule has 0 aliphatic heterocycles. The number of hydrogen-bond donors (Lipinski definition) is 0.